The summed E-state index contributed by atoms with van der Waals surface area (Å²) in [6, 6.07) is 0.680. The van der Waals surface area contributed by atoms with Gasteiger partial charge in [-0.3, -0.25) is 4.90 Å². The molecule has 0 bridgehead atoms. The fraction of sp³-hybridized carbons (Fsp3) is 1.00. The van der Waals surface area contributed by atoms with Gasteiger partial charge in [-0.15, -0.1) is 0 Å². The Balaban J connectivity index is 1.64. The fourth-order valence-electron chi connectivity index (χ4n) is 3.02. The van der Waals surface area contributed by atoms with E-state index in [2.05, 4.69) is 4.90 Å². The van der Waals surface area contributed by atoms with Crippen LogP contribution in [-0.2, 0) is 9.47 Å². The molecule has 2 unspecified atom stereocenters. The van der Waals surface area contributed by atoms with E-state index in [1.807, 2.05) is 0 Å². The topological polar surface area (TPSA) is 47.7 Å². The van der Waals surface area contributed by atoms with E-state index in [0.29, 0.717) is 6.04 Å². The van der Waals surface area contributed by atoms with E-state index in [1.165, 1.54) is 38.6 Å². The molecule has 4 heteroatoms. The van der Waals surface area contributed by atoms with Crippen molar-refractivity contribution in [2.75, 3.05) is 32.8 Å². The van der Waals surface area contributed by atoms with Crippen molar-refractivity contribution in [3.05, 3.63) is 0 Å². The zero-order chi connectivity index (χ0) is 12.6. The fourth-order valence-corrected chi connectivity index (χ4v) is 3.02. The quantitative estimate of drug-likeness (QED) is 0.786. The molecule has 0 spiro atoms. The Hall–Kier alpha value is -0.160. The van der Waals surface area contributed by atoms with Gasteiger partial charge in [-0.05, 0) is 51.6 Å². The first kappa shape index (κ1) is 14.3. The average molecular weight is 256 g/mol. The molecule has 106 valence electrons. The molecule has 2 heterocycles. The molecule has 4 nitrogen and oxygen atoms in total. The van der Waals surface area contributed by atoms with Crippen LogP contribution in [0.15, 0.2) is 0 Å². The van der Waals surface area contributed by atoms with Crippen molar-refractivity contribution in [3.8, 4) is 0 Å². The van der Waals surface area contributed by atoms with Crippen LogP contribution in [0.2, 0.25) is 0 Å². The maximum atomic E-state index is 5.82. The third kappa shape index (κ3) is 4.50. The van der Waals surface area contributed by atoms with Gasteiger partial charge in [0.25, 0.3) is 0 Å². The van der Waals surface area contributed by atoms with E-state index in [-0.39, 0.29) is 6.29 Å². The number of hydrogen-bond acceptors (Lipinski definition) is 4. The minimum atomic E-state index is 0.0523. The molecule has 2 N–H and O–H groups in total. The first-order chi connectivity index (χ1) is 8.90. The second-order valence-electron chi connectivity index (χ2n) is 5.43. The lowest BCUT2D eigenvalue weighted by atomic mass is 9.99. The van der Waals surface area contributed by atoms with Crippen LogP contribution < -0.4 is 5.73 Å². The molecule has 0 aromatic rings. The van der Waals surface area contributed by atoms with Crippen molar-refractivity contribution in [2.24, 2.45) is 5.73 Å². The molecule has 0 aliphatic carbocycles. The molecule has 2 saturated heterocycles. The molecular formula is C14H28N2O2. The minimum absolute atomic E-state index is 0.0523. The molecule has 0 amide bonds. The molecule has 2 rings (SSSR count). The second-order valence-corrected chi connectivity index (χ2v) is 5.43. The van der Waals surface area contributed by atoms with Gasteiger partial charge in [0.15, 0.2) is 6.29 Å². The van der Waals surface area contributed by atoms with Gasteiger partial charge in [-0.25, -0.2) is 0 Å². The third-order valence-corrected chi connectivity index (χ3v) is 4.07. The van der Waals surface area contributed by atoms with Crippen molar-refractivity contribution in [1.82, 2.24) is 4.90 Å². The predicted octanol–water partition coefficient (Wildman–Crippen LogP) is 1.73. The number of nitrogens with zero attached hydrogens (tertiary/aromatic N) is 1. The number of rotatable bonds is 6. The van der Waals surface area contributed by atoms with Crippen LogP contribution in [0.1, 0.15) is 44.9 Å². The molecule has 0 aromatic heterocycles. The van der Waals surface area contributed by atoms with Gasteiger partial charge in [0, 0.05) is 19.2 Å². The van der Waals surface area contributed by atoms with Crippen LogP contribution in [0.4, 0.5) is 0 Å². The number of ether oxygens (including phenoxy) is 2. The Labute approximate surface area is 111 Å². The first-order valence-corrected chi connectivity index (χ1v) is 7.57. The van der Waals surface area contributed by atoms with Crippen molar-refractivity contribution >= 4 is 0 Å². The van der Waals surface area contributed by atoms with Crippen molar-refractivity contribution < 1.29 is 9.47 Å². The predicted molar refractivity (Wildman–Crippen MR) is 72.4 cm³/mol. The van der Waals surface area contributed by atoms with Crippen molar-refractivity contribution in [3.63, 3.8) is 0 Å². The third-order valence-electron chi connectivity index (χ3n) is 4.07. The maximum absolute atomic E-state index is 5.82. The lowest BCUT2D eigenvalue weighted by Gasteiger charge is -2.36. The maximum Gasteiger partial charge on any atom is 0.157 e. The average Bonchev–Trinajstić information content (AvgIpc) is 2.42. The van der Waals surface area contributed by atoms with Crippen LogP contribution in [0.5, 0.6) is 0 Å². The van der Waals surface area contributed by atoms with Crippen LogP contribution >= 0.6 is 0 Å². The first-order valence-electron chi connectivity index (χ1n) is 7.57. The second kappa shape index (κ2) is 8.10. The van der Waals surface area contributed by atoms with Crippen LogP contribution in [0.3, 0.4) is 0 Å². The van der Waals surface area contributed by atoms with E-state index >= 15 is 0 Å². The molecule has 18 heavy (non-hydrogen) atoms. The zero-order valence-corrected chi connectivity index (χ0v) is 11.5. The van der Waals surface area contributed by atoms with E-state index in [4.69, 9.17) is 15.2 Å². The summed E-state index contributed by atoms with van der Waals surface area (Å²) in [5.41, 5.74) is 5.69. The Bertz CT molecular complexity index is 218. The lowest BCUT2D eigenvalue weighted by molar-refractivity contribution is -0.165. The Morgan fingerprint density at radius 3 is 2.83 bits per heavy atom. The highest BCUT2D eigenvalue weighted by molar-refractivity contribution is 4.77. The smallest absolute Gasteiger partial charge is 0.157 e. The van der Waals surface area contributed by atoms with Gasteiger partial charge in [-0.1, -0.05) is 6.42 Å². The highest BCUT2D eigenvalue weighted by Crippen LogP contribution is 2.19. The van der Waals surface area contributed by atoms with Crippen LogP contribution in [0, 0.1) is 0 Å². The summed E-state index contributed by atoms with van der Waals surface area (Å²) in [5, 5.41) is 0. The molecule has 2 atom stereocenters. The highest BCUT2D eigenvalue weighted by Gasteiger charge is 2.22. The van der Waals surface area contributed by atoms with Crippen LogP contribution in [-0.4, -0.2) is 50.1 Å². The summed E-state index contributed by atoms with van der Waals surface area (Å²) in [4.78, 5) is 2.55. The number of nitrogens with two attached hydrogens (primary N) is 1. The molecule has 2 aliphatic heterocycles. The van der Waals surface area contributed by atoms with Gasteiger partial charge in [0.2, 0.25) is 0 Å². The summed E-state index contributed by atoms with van der Waals surface area (Å²) in [6.45, 7) is 4.70. The van der Waals surface area contributed by atoms with Crippen LogP contribution in [0.25, 0.3) is 0 Å². The summed E-state index contributed by atoms with van der Waals surface area (Å²) < 4.78 is 11.4. The molecular weight excluding hydrogens is 228 g/mol. The summed E-state index contributed by atoms with van der Waals surface area (Å²) in [5.74, 6) is 0. The standard InChI is InChI=1S/C14H28N2O2/c15-8-7-13-5-1-3-9-16(13)10-12-18-14-6-2-4-11-17-14/h13-14H,1-12,15H2. The van der Waals surface area contributed by atoms with Crippen molar-refractivity contribution in [2.45, 2.75) is 57.3 Å². The van der Waals surface area contributed by atoms with Gasteiger partial charge in [-0.2, -0.15) is 0 Å². The number of hydrogen-bond donors (Lipinski definition) is 1. The SMILES string of the molecule is NCCC1CCCCN1CCOC1CCCCO1. The van der Waals surface area contributed by atoms with Gasteiger partial charge < -0.3 is 15.2 Å². The minimum Gasteiger partial charge on any atom is -0.353 e. The zero-order valence-electron chi connectivity index (χ0n) is 11.5. The normalized spacial score (nSPS) is 30.5. The lowest BCUT2D eigenvalue weighted by Crippen LogP contribution is -2.43. The Morgan fingerprint density at radius 2 is 2.06 bits per heavy atom. The monoisotopic (exact) mass is 256 g/mol. The Morgan fingerprint density at radius 1 is 1.17 bits per heavy atom. The molecule has 0 radical (unpaired) electrons. The molecule has 2 fully saturated rings. The van der Waals surface area contributed by atoms with Crippen molar-refractivity contribution in [1.29, 1.82) is 0 Å². The number of piperidine rings is 1. The van der Waals surface area contributed by atoms with E-state index in [1.54, 1.807) is 0 Å². The summed E-state index contributed by atoms with van der Waals surface area (Å²) in [7, 11) is 0. The van der Waals surface area contributed by atoms with Gasteiger partial charge in [0.1, 0.15) is 0 Å². The van der Waals surface area contributed by atoms with E-state index in [0.717, 1.165) is 39.1 Å². The van der Waals surface area contributed by atoms with Gasteiger partial charge in [0.05, 0.1) is 6.61 Å². The Kier molecular flexibility index (Phi) is 6.41. The number of likely N-dealkylation sites (tertiary alicyclic amines) is 1. The molecule has 0 aromatic carbocycles. The summed E-state index contributed by atoms with van der Waals surface area (Å²) >= 11 is 0. The molecule has 2 aliphatic rings. The van der Waals surface area contributed by atoms with Gasteiger partial charge >= 0.3 is 0 Å². The molecule has 0 saturated carbocycles. The van der Waals surface area contributed by atoms with E-state index < -0.39 is 0 Å². The largest absolute Gasteiger partial charge is 0.353 e. The summed E-state index contributed by atoms with van der Waals surface area (Å²) in [6.07, 6.45) is 8.64. The highest BCUT2D eigenvalue weighted by atomic mass is 16.7. The van der Waals surface area contributed by atoms with E-state index in [9.17, 15) is 0 Å².